The fourth-order valence-corrected chi connectivity index (χ4v) is 2.87. The minimum absolute atomic E-state index is 0.0172. The van der Waals surface area contributed by atoms with Crippen LogP contribution in [0.4, 0.5) is 11.4 Å². The Hall–Kier alpha value is -3.41. The number of para-hydroxylation sites is 2. The SMILES string of the molecule is CC(C)Oc1ccccc1NC(=O)c1cc(N(C)CCc2ccncc2)ccn1. The predicted octanol–water partition coefficient (Wildman–Crippen LogP) is 4.20. The van der Waals surface area contributed by atoms with Crippen LogP contribution in [-0.4, -0.2) is 35.6 Å². The van der Waals surface area contributed by atoms with Crippen LogP contribution < -0.4 is 15.0 Å². The molecule has 2 aromatic heterocycles. The van der Waals surface area contributed by atoms with Gasteiger partial charge in [0.15, 0.2) is 0 Å². The Labute approximate surface area is 171 Å². The van der Waals surface area contributed by atoms with E-state index in [0.717, 1.165) is 18.7 Å². The third kappa shape index (κ3) is 5.78. The topological polar surface area (TPSA) is 67.3 Å². The van der Waals surface area contributed by atoms with Gasteiger partial charge in [0.25, 0.3) is 5.91 Å². The summed E-state index contributed by atoms with van der Waals surface area (Å²) in [5.41, 5.74) is 3.15. The number of anilines is 2. The molecule has 2 heterocycles. The van der Waals surface area contributed by atoms with Gasteiger partial charge in [0, 0.05) is 37.9 Å². The van der Waals surface area contributed by atoms with Gasteiger partial charge in [0.05, 0.1) is 11.8 Å². The second-order valence-electron chi connectivity index (χ2n) is 7.04. The molecule has 0 saturated heterocycles. The maximum absolute atomic E-state index is 12.8. The van der Waals surface area contributed by atoms with Gasteiger partial charge in [-0.2, -0.15) is 0 Å². The van der Waals surface area contributed by atoms with Gasteiger partial charge >= 0.3 is 0 Å². The number of carbonyl (C=O) groups excluding carboxylic acids is 1. The Morgan fingerprint density at radius 2 is 1.86 bits per heavy atom. The van der Waals surface area contributed by atoms with Crippen molar-refractivity contribution in [2.75, 3.05) is 23.8 Å². The Morgan fingerprint density at radius 1 is 1.10 bits per heavy atom. The summed E-state index contributed by atoms with van der Waals surface area (Å²) in [5.74, 6) is 0.371. The second-order valence-corrected chi connectivity index (χ2v) is 7.04. The van der Waals surface area contributed by atoms with Crippen LogP contribution in [0.15, 0.2) is 67.1 Å². The molecule has 0 bridgehead atoms. The van der Waals surface area contributed by atoms with E-state index in [2.05, 4.69) is 20.2 Å². The number of nitrogens with one attached hydrogen (secondary N) is 1. The van der Waals surface area contributed by atoms with E-state index >= 15 is 0 Å². The molecule has 6 heteroatoms. The summed E-state index contributed by atoms with van der Waals surface area (Å²) in [5, 5.41) is 2.90. The third-order valence-corrected chi connectivity index (χ3v) is 4.40. The van der Waals surface area contributed by atoms with E-state index in [1.54, 1.807) is 24.7 Å². The first-order valence-electron chi connectivity index (χ1n) is 9.66. The quantitative estimate of drug-likeness (QED) is 0.624. The molecule has 1 amide bonds. The van der Waals surface area contributed by atoms with Gasteiger partial charge < -0.3 is 15.0 Å². The fraction of sp³-hybridized carbons (Fsp3) is 0.261. The molecule has 0 spiro atoms. The maximum atomic E-state index is 12.8. The van der Waals surface area contributed by atoms with Crippen molar-refractivity contribution < 1.29 is 9.53 Å². The number of carbonyl (C=O) groups is 1. The van der Waals surface area contributed by atoms with Crippen LogP contribution in [0.2, 0.25) is 0 Å². The summed E-state index contributed by atoms with van der Waals surface area (Å²) in [7, 11) is 2.00. The highest BCUT2D eigenvalue weighted by Crippen LogP contribution is 2.25. The van der Waals surface area contributed by atoms with E-state index in [4.69, 9.17) is 4.74 Å². The molecule has 0 aliphatic carbocycles. The number of hydrogen-bond acceptors (Lipinski definition) is 5. The Morgan fingerprint density at radius 3 is 2.62 bits per heavy atom. The van der Waals surface area contributed by atoms with Gasteiger partial charge in [-0.05, 0) is 62.2 Å². The van der Waals surface area contributed by atoms with Gasteiger partial charge in [-0.25, -0.2) is 0 Å². The zero-order valence-electron chi connectivity index (χ0n) is 17.0. The molecule has 0 radical (unpaired) electrons. The van der Waals surface area contributed by atoms with Crippen molar-refractivity contribution in [3.8, 4) is 5.75 Å². The smallest absolute Gasteiger partial charge is 0.274 e. The lowest BCUT2D eigenvalue weighted by Crippen LogP contribution is -2.21. The lowest BCUT2D eigenvalue weighted by Gasteiger charge is -2.20. The number of benzene rings is 1. The summed E-state index contributed by atoms with van der Waals surface area (Å²) < 4.78 is 5.77. The van der Waals surface area contributed by atoms with Crippen molar-refractivity contribution >= 4 is 17.3 Å². The summed E-state index contributed by atoms with van der Waals surface area (Å²) >= 11 is 0. The monoisotopic (exact) mass is 390 g/mol. The predicted molar refractivity (Wildman–Crippen MR) is 116 cm³/mol. The molecule has 0 saturated carbocycles. The van der Waals surface area contributed by atoms with Gasteiger partial charge in [0.2, 0.25) is 0 Å². The largest absolute Gasteiger partial charge is 0.489 e. The standard InChI is InChI=1S/C23H26N4O2/c1-17(2)29-22-7-5-4-6-20(22)26-23(28)21-16-19(10-14-25-21)27(3)15-11-18-8-12-24-13-9-18/h4-10,12-14,16-17H,11,15H2,1-3H3,(H,26,28). The van der Waals surface area contributed by atoms with Crippen LogP contribution in [0.5, 0.6) is 5.75 Å². The number of ether oxygens (including phenoxy) is 1. The number of amides is 1. The van der Waals surface area contributed by atoms with Crippen LogP contribution in [-0.2, 0) is 6.42 Å². The van der Waals surface area contributed by atoms with E-state index in [9.17, 15) is 4.79 Å². The molecule has 1 N–H and O–H groups in total. The zero-order chi connectivity index (χ0) is 20.6. The number of rotatable bonds is 8. The summed E-state index contributed by atoms with van der Waals surface area (Å²) in [6, 6.07) is 15.1. The van der Waals surface area contributed by atoms with E-state index in [1.165, 1.54) is 5.56 Å². The Kier molecular flexibility index (Phi) is 6.79. The molecule has 1 aromatic carbocycles. The first-order valence-corrected chi connectivity index (χ1v) is 9.66. The summed E-state index contributed by atoms with van der Waals surface area (Å²) in [6.45, 7) is 4.72. The van der Waals surface area contributed by atoms with Crippen molar-refractivity contribution in [1.82, 2.24) is 9.97 Å². The minimum atomic E-state index is -0.269. The van der Waals surface area contributed by atoms with Gasteiger partial charge in [-0.1, -0.05) is 12.1 Å². The summed E-state index contributed by atoms with van der Waals surface area (Å²) in [4.78, 5) is 23.1. The number of aromatic nitrogens is 2. The van der Waals surface area contributed by atoms with Crippen LogP contribution >= 0.6 is 0 Å². The number of pyridine rings is 2. The van der Waals surface area contributed by atoms with Crippen molar-refractivity contribution in [2.45, 2.75) is 26.4 Å². The van der Waals surface area contributed by atoms with E-state index in [-0.39, 0.29) is 12.0 Å². The van der Waals surface area contributed by atoms with Crippen molar-refractivity contribution in [1.29, 1.82) is 0 Å². The molecule has 0 atom stereocenters. The molecule has 6 nitrogen and oxygen atoms in total. The van der Waals surface area contributed by atoms with E-state index < -0.39 is 0 Å². The Bertz CT molecular complexity index is 944. The lowest BCUT2D eigenvalue weighted by atomic mass is 10.2. The fourth-order valence-electron chi connectivity index (χ4n) is 2.87. The normalized spacial score (nSPS) is 10.6. The van der Waals surface area contributed by atoms with Crippen LogP contribution in [0.1, 0.15) is 29.9 Å². The first-order chi connectivity index (χ1) is 14.0. The van der Waals surface area contributed by atoms with E-state index in [1.807, 2.05) is 63.4 Å². The highest BCUT2D eigenvalue weighted by molar-refractivity contribution is 6.04. The Balaban J connectivity index is 1.68. The second kappa shape index (κ2) is 9.68. The first kappa shape index (κ1) is 20.3. The maximum Gasteiger partial charge on any atom is 0.274 e. The average Bonchev–Trinajstić information content (AvgIpc) is 2.74. The molecule has 0 aliphatic rings. The van der Waals surface area contributed by atoms with Gasteiger partial charge in [0.1, 0.15) is 11.4 Å². The highest BCUT2D eigenvalue weighted by atomic mass is 16.5. The van der Waals surface area contributed by atoms with Crippen LogP contribution in [0, 0.1) is 0 Å². The van der Waals surface area contributed by atoms with Crippen molar-refractivity contribution in [2.24, 2.45) is 0 Å². The molecule has 3 rings (SSSR count). The summed E-state index contributed by atoms with van der Waals surface area (Å²) in [6.07, 6.45) is 6.16. The van der Waals surface area contributed by atoms with E-state index in [0.29, 0.717) is 17.1 Å². The minimum Gasteiger partial charge on any atom is -0.489 e. The third-order valence-electron chi connectivity index (χ3n) is 4.40. The molecule has 29 heavy (non-hydrogen) atoms. The molecular formula is C23H26N4O2. The van der Waals surface area contributed by atoms with Crippen LogP contribution in [0.3, 0.4) is 0 Å². The molecule has 150 valence electrons. The molecule has 0 fully saturated rings. The number of nitrogens with zero attached hydrogens (tertiary/aromatic N) is 3. The molecule has 3 aromatic rings. The highest BCUT2D eigenvalue weighted by Gasteiger charge is 2.13. The van der Waals surface area contributed by atoms with Gasteiger partial charge in [-0.3, -0.25) is 14.8 Å². The average molecular weight is 390 g/mol. The van der Waals surface area contributed by atoms with Gasteiger partial charge in [-0.15, -0.1) is 0 Å². The molecular weight excluding hydrogens is 364 g/mol. The lowest BCUT2D eigenvalue weighted by molar-refractivity contribution is 0.102. The molecule has 0 aliphatic heterocycles. The molecule has 0 unspecified atom stereocenters. The number of hydrogen-bond donors (Lipinski definition) is 1. The van der Waals surface area contributed by atoms with Crippen LogP contribution in [0.25, 0.3) is 0 Å². The zero-order valence-corrected chi connectivity index (χ0v) is 17.0. The van der Waals surface area contributed by atoms with Crippen molar-refractivity contribution in [3.63, 3.8) is 0 Å². The number of likely N-dealkylation sites (N-methyl/N-ethyl adjacent to an activating group) is 1. The van der Waals surface area contributed by atoms with Crippen molar-refractivity contribution in [3.05, 3.63) is 78.4 Å².